The minimum atomic E-state index is -4.37. The lowest BCUT2D eigenvalue weighted by Crippen LogP contribution is -2.33. The summed E-state index contributed by atoms with van der Waals surface area (Å²) in [7, 11) is 0. The van der Waals surface area contributed by atoms with Gasteiger partial charge in [0.15, 0.2) is 6.10 Å². The van der Waals surface area contributed by atoms with Crippen LogP contribution in [0.4, 0.5) is 13.2 Å². The van der Waals surface area contributed by atoms with Crippen molar-refractivity contribution in [2.75, 3.05) is 0 Å². The van der Waals surface area contributed by atoms with Crippen LogP contribution in [0.3, 0.4) is 0 Å². The quantitative estimate of drug-likeness (QED) is 0.790. The summed E-state index contributed by atoms with van der Waals surface area (Å²) in [5, 5.41) is 0. The van der Waals surface area contributed by atoms with Crippen LogP contribution in [0.2, 0.25) is 0 Å². The summed E-state index contributed by atoms with van der Waals surface area (Å²) in [5.41, 5.74) is 1.35. The van der Waals surface area contributed by atoms with Gasteiger partial charge in [0.1, 0.15) is 0 Å². The third-order valence-electron chi connectivity index (χ3n) is 2.92. The Balaban J connectivity index is 2.01. The molecule has 0 saturated carbocycles. The fourth-order valence-electron chi connectivity index (χ4n) is 1.87. The monoisotopic (exact) mass is 280 g/mol. The van der Waals surface area contributed by atoms with E-state index < -0.39 is 12.3 Å². The van der Waals surface area contributed by atoms with Crippen molar-refractivity contribution >= 4 is 0 Å². The molecule has 2 aromatic rings. The van der Waals surface area contributed by atoms with Gasteiger partial charge in [-0.05, 0) is 11.1 Å². The molecule has 0 aromatic heterocycles. The van der Waals surface area contributed by atoms with E-state index in [0.29, 0.717) is 5.56 Å². The second kappa shape index (κ2) is 6.57. The minimum Gasteiger partial charge on any atom is -0.364 e. The maximum absolute atomic E-state index is 13.0. The van der Waals surface area contributed by atoms with Crippen LogP contribution in [0.5, 0.6) is 0 Å². The van der Waals surface area contributed by atoms with Crippen LogP contribution in [0.15, 0.2) is 60.7 Å². The van der Waals surface area contributed by atoms with Gasteiger partial charge in [-0.15, -0.1) is 0 Å². The van der Waals surface area contributed by atoms with Crippen LogP contribution < -0.4 is 0 Å². The summed E-state index contributed by atoms with van der Waals surface area (Å²) < 4.78 is 44.0. The van der Waals surface area contributed by atoms with Crippen molar-refractivity contribution in [3.63, 3.8) is 0 Å². The molecule has 1 nitrogen and oxygen atoms in total. The zero-order chi connectivity index (χ0) is 14.4. The van der Waals surface area contributed by atoms with E-state index >= 15 is 0 Å². The first kappa shape index (κ1) is 14.6. The Bertz CT molecular complexity index is 508. The summed E-state index contributed by atoms with van der Waals surface area (Å²) in [6, 6.07) is 17.4. The molecule has 0 fully saturated rings. The van der Waals surface area contributed by atoms with Crippen LogP contribution >= 0.6 is 0 Å². The first-order valence-electron chi connectivity index (χ1n) is 6.32. The fourth-order valence-corrected chi connectivity index (χ4v) is 1.87. The molecule has 20 heavy (non-hydrogen) atoms. The first-order valence-corrected chi connectivity index (χ1v) is 6.32. The zero-order valence-electron chi connectivity index (χ0n) is 10.8. The van der Waals surface area contributed by atoms with Crippen molar-refractivity contribution in [2.45, 2.75) is 25.3 Å². The molecule has 0 bridgehead atoms. The van der Waals surface area contributed by atoms with E-state index in [1.165, 1.54) is 0 Å². The molecule has 106 valence electrons. The lowest BCUT2D eigenvalue weighted by Gasteiger charge is -2.21. The van der Waals surface area contributed by atoms with E-state index in [1.54, 1.807) is 54.6 Å². The summed E-state index contributed by atoms with van der Waals surface area (Å²) in [6.07, 6.45) is -6.33. The second-order valence-corrected chi connectivity index (χ2v) is 4.52. The molecular formula is C16H15F3O. The van der Waals surface area contributed by atoms with Gasteiger partial charge in [0, 0.05) is 6.42 Å². The second-order valence-electron chi connectivity index (χ2n) is 4.52. The third-order valence-corrected chi connectivity index (χ3v) is 2.92. The van der Waals surface area contributed by atoms with Crippen molar-refractivity contribution in [3.8, 4) is 0 Å². The Morgan fingerprint density at radius 1 is 0.800 bits per heavy atom. The average molecular weight is 280 g/mol. The smallest absolute Gasteiger partial charge is 0.364 e. The van der Waals surface area contributed by atoms with Crippen molar-refractivity contribution < 1.29 is 17.9 Å². The highest BCUT2D eigenvalue weighted by Gasteiger charge is 2.40. The lowest BCUT2D eigenvalue weighted by molar-refractivity contribution is -0.223. The van der Waals surface area contributed by atoms with E-state index in [1.807, 2.05) is 6.07 Å². The Morgan fingerprint density at radius 3 is 1.80 bits per heavy atom. The number of alkyl halides is 3. The molecule has 0 amide bonds. The van der Waals surface area contributed by atoms with Gasteiger partial charge >= 0.3 is 6.18 Å². The van der Waals surface area contributed by atoms with E-state index in [2.05, 4.69) is 0 Å². The first-order chi connectivity index (χ1) is 9.55. The molecule has 4 heteroatoms. The van der Waals surface area contributed by atoms with Gasteiger partial charge in [-0.1, -0.05) is 60.7 Å². The third kappa shape index (κ3) is 4.38. The minimum absolute atomic E-state index is 0.0438. The fraction of sp³-hybridized carbons (Fsp3) is 0.250. The maximum atomic E-state index is 13.0. The summed E-state index contributed by atoms with van der Waals surface area (Å²) >= 11 is 0. The number of benzene rings is 2. The standard InChI is InChI=1S/C16H15F3O/c17-16(18,19)15(11-13-7-3-1-4-8-13)20-12-14-9-5-2-6-10-14/h1-10,15H,11-12H2/t15-/m1/s1. The van der Waals surface area contributed by atoms with Gasteiger partial charge in [0.05, 0.1) is 6.61 Å². The summed E-state index contributed by atoms with van der Waals surface area (Å²) in [4.78, 5) is 0. The Kier molecular flexibility index (Phi) is 4.79. The van der Waals surface area contributed by atoms with E-state index in [-0.39, 0.29) is 13.0 Å². The average Bonchev–Trinajstić information content (AvgIpc) is 2.44. The van der Waals surface area contributed by atoms with Gasteiger partial charge in [0.2, 0.25) is 0 Å². The van der Waals surface area contributed by atoms with Gasteiger partial charge in [-0.3, -0.25) is 0 Å². The predicted molar refractivity (Wildman–Crippen MR) is 71.2 cm³/mol. The molecule has 0 aliphatic rings. The molecule has 0 N–H and O–H groups in total. The largest absolute Gasteiger partial charge is 0.414 e. The number of ether oxygens (including phenoxy) is 1. The molecule has 0 aliphatic heterocycles. The van der Waals surface area contributed by atoms with Crippen molar-refractivity contribution in [1.29, 1.82) is 0 Å². The molecule has 0 radical (unpaired) electrons. The molecule has 0 saturated heterocycles. The van der Waals surface area contributed by atoms with E-state index in [9.17, 15) is 13.2 Å². The predicted octanol–water partition coefficient (Wildman–Crippen LogP) is 4.38. The number of hydrogen-bond acceptors (Lipinski definition) is 1. The zero-order valence-corrected chi connectivity index (χ0v) is 10.8. The molecule has 0 spiro atoms. The van der Waals surface area contributed by atoms with Crippen LogP contribution in [-0.2, 0) is 17.8 Å². The maximum Gasteiger partial charge on any atom is 0.414 e. The molecule has 0 unspecified atom stereocenters. The van der Waals surface area contributed by atoms with Crippen LogP contribution in [0.25, 0.3) is 0 Å². The Hall–Kier alpha value is -1.81. The molecule has 1 atom stereocenters. The summed E-state index contributed by atoms with van der Waals surface area (Å²) in [5.74, 6) is 0. The van der Waals surface area contributed by atoms with Gasteiger partial charge < -0.3 is 4.74 Å². The lowest BCUT2D eigenvalue weighted by atomic mass is 10.1. The number of halogens is 3. The van der Waals surface area contributed by atoms with Crippen molar-refractivity contribution in [2.24, 2.45) is 0 Å². The van der Waals surface area contributed by atoms with Gasteiger partial charge in [0.25, 0.3) is 0 Å². The molecule has 0 heterocycles. The Morgan fingerprint density at radius 2 is 1.30 bits per heavy atom. The highest BCUT2D eigenvalue weighted by molar-refractivity contribution is 5.16. The molecule has 2 aromatic carbocycles. The summed E-state index contributed by atoms with van der Waals surface area (Å²) in [6.45, 7) is -0.0438. The van der Waals surface area contributed by atoms with Crippen LogP contribution in [0.1, 0.15) is 11.1 Å². The molecule has 2 rings (SSSR count). The van der Waals surface area contributed by atoms with Crippen LogP contribution in [-0.4, -0.2) is 12.3 Å². The topological polar surface area (TPSA) is 9.23 Å². The van der Waals surface area contributed by atoms with E-state index in [4.69, 9.17) is 4.74 Å². The SMILES string of the molecule is FC(F)(F)[C@@H](Cc1ccccc1)OCc1ccccc1. The Labute approximate surface area is 116 Å². The normalized spacial score (nSPS) is 13.2. The van der Waals surface area contributed by atoms with Gasteiger partial charge in [-0.2, -0.15) is 13.2 Å². The van der Waals surface area contributed by atoms with Crippen molar-refractivity contribution in [3.05, 3.63) is 71.8 Å². The molecule has 0 aliphatic carbocycles. The van der Waals surface area contributed by atoms with Crippen LogP contribution in [0, 0.1) is 0 Å². The number of rotatable bonds is 5. The van der Waals surface area contributed by atoms with Crippen molar-refractivity contribution in [1.82, 2.24) is 0 Å². The number of hydrogen-bond donors (Lipinski definition) is 0. The highest BCUT2D eigenvalue weighted by Crippen LogP contribution is 2.26. The van der Waals surface area contributed by atoms with E-state index in [0.717, 1.165) is 5.56 Å². The van der Waals surface area contributed by atoms with Gasteiger partial charge in [-0.25, -0.2) is 0 Å². The molecular weight excluding hydrogens is 265 g/mol. The highest BCUT2D eigenvalue weighted by atomic mass is 19.4.